The molecule has 0 unspecified atom stereocenters. The van der Waals surface area contributed by atoms with Crippen LogP contribution in [0.3, 0.4) is 0 Å². The molecular formula is C20H16ClFN4S. The Balaban J connectivity index is 1.64. The van der Waals surface area contributed by atoms with Crippen LogP contribution in [0.25, 0.3) is 21.5 Å². The number of hydrogen-bond acceptors (Lipinski definition) is 5. The molecule has 0 aliphatic heterocycles. The van der Waals surface area contributed by atoms with Crippen LogP contribution in [0.15, 0.2) is 41.9 Å². The summed E-state index contributed by atoms with van der Waals surface area (Å²) >= 11 is 7.84. The normalized spacial score (nSPS) is 11.1. The van der Waals surface area contributed by atoms with Gasteiger partial charge in [0, 0.05) is 23.7 Å². The Bertz CT molecular complexity index is 1140. The Hall–Kier alpha value is -2.57. The van der Waals surface area contributed by atoms with Crippen LogP contribution in [0.5, 0.6) is 0 Å². The maximum Gasteiger partial charge on any atom is 0.130 e. The van der Waals surface area contributed by atoms with Crippen molar-refractivity contribution in [3.8, 4) is 11.3 Å². The zero-order valence-electron chi connectivity index (χ0n) is 14.8. The van der Waals surface area contributed by atoms with Crippen molar-refractivity contribution in [1.29, 1.82) is 0 Å². The number of hydrogen-bond donors (Lipinski definition) is 1. The number of fused-ring (bicyclic) bond motifs is 1. The van der Waals surface area contributed by atoms with Crippen molar-refractivity contribution in [2.45, 2.75) is 20.4 Å². The van der Waals surface area contributed by atoms with Crippen LogP contribution in [0, 0.1) is 19.7 Å². The number of rotatable bonds is 4. The van der Waals surface area contributed by atoms with E-state index in [1.807, 2.05) is 37.6 Å². The molecule has 0 radical (unpaired) electrons. The third kappa shape index (κ3) is 3.63. The lowest BCUT2D eigenvalue weighted by atomic mass is 10.1. The van der Waals surface area contributed by atoms with Gasteiger partial charge in [-0.1, -0.05) is 23.7 Å². The lowest BCUT2D eigenvalue weighted by molar-refractivity contribution is 0.612. The molecular weight excluding hydrogens is 383 g/mol. The number of halogens is 2. The summed E-state index contributed by atoms with van der Waals surface area (Å²) in [5.74, 6) is 0.925. The summed E-state index contributed by atoms with van der Waals surface area (Å²) in [6.45, 7) is 3.93. The summed E-state index contributed by atoms with van der Waals surface area (Å²) in [7, 11) is 0. The zero-order chi connectivity index (χ0) is 19.0. The minimum absolute atomic E-state index is 0.246. The highest BCUT2D eigenvalue weighted by atomic mass is 35.5. The van der Waals surface area contributed by atoms with E-state index < -0.39 is 0 Å². The number of thiazole rings is 1. The van der Waals surface area contributed by atoms with Crippen LogP contribution in [-0.4, -0.2) is 15.0 Å². The predicted octanol–water partition coefficient (Wildman–Crippen LogP) is 5.77. The second-order valence-corrected chi connectivity index (χ2v) is 7.50. The van der Waals surface area contributed by atoms with Crippen molar-refractivity contribution in [3.63, 3.8) is 0 Å². The van der Waals surface area contributed by atoms with E-state index in [0.717, 1.165) is 27.0 Å². The van der Waals surface area contributed by atoms with Crippen LogP contribution in [0.4, 0.5) is 10.2 Å². The molecule has 7 heteroatoms. The quantitative estimate of drug-likeness (QED) is 0.473. The number of aromatic nitrogens is 3. The molecule has 27 heavy (non-hydrogen) atoms. The third-order valence-corrected chi connectivity index (χ3v) is 5.61. The van der Waals surface area contributed by atoms with Gasteiger partial charge in [0.1, 0.15) is 17.5 Å². The van der Waals surface area contributed by atoms with Gasteiger partial charge >= 0.3 is 0 Å². The van der Waals surface area contributed by atoms with Gasteiger partial charge in [0.2, 0.25) is 0 Å². The van der Waals surface area contributed by atoms with Crippen molar-refractivity contribution >= 4 is 39.0 Å². The number of nitrogens with one attached hydrogen (secondary N) is 1. The minimum Gasteiger partial charge on any atom is -0.366 e. The molecule has 136 valence electrons. The van der Waals surface area contributed by atoms with Crippen LogP contribution in [0.2, 0.25) is 5.02 Å². The van der Waals surface area contributed by atoms with E-state index in [1.165, 1.54) is 6.07 Å². The molecule has 0 bridgehead atoms. The summed E-state index contributed by atoms with van der Waals surface area (Å²) in [6, 6.07) is 11.0. The van der Waals surface area contributed by atoms with Gasteiger partial charge in [0.05, 0.1) is 26.4 Å². The molecule has 2 heterocycles. The molecule has 0 amide bonds. The molecule has 0 saturated carbocycles. The molecule has 2 aromatic heterocycles. The fraction of sp³-hybridized carbons (Fsp3) is 0.150. The SMILES string of the molecule is Cc1nc(NCc2c(F)ccc(C)c2Cl)cc(-c2ccc3ncsc3c2)n1. The maximum absolute atomic E-state index is 14.1. The number of benzene rings is 2. The second kappa shape index (κ2) is 7.21. The molecule has 4 nitrogen and oxygen atoms in total. The summed E-state index contributed by atoms with van der Waals surface area (Å²) in [4.78, 5) is 13.2. The topological polar surface area (TPSA) is 50.7 Å². The molecule has 1 N–H and O–H groups in total. The van der Waals surface area contributed by atoms with E-state index in [0.29, 0.717) is 22.2 Å². The van der Waals surface area contributed by atoms with E-state index in [4.69, 9.17) is 11.6 Å². The fourth-order valence-corrected chi connectivity index (χ4v) is 3.81. The van der Waals surface area contributed by atoms with Gasteiger partial charge in [-0.3, -0.25) is 0 Å². The highest BCUT2D eigenvalue weighted by Gasteiger charge is 2.11. The van der Waals surface area contributed by atoms with Crippen LogP contribution in [-0.2, 0) is 6.54 Å². The smallest absolute Gasteiger partial charge is 0.130 e. The molecule has 0 aliphatic carbocycles. The lowest BCUT2D eigenvalue weighted by Gasteiger charge is -2.12. The summed E-state index contributed by atoms with van der Waals surface area (Å²) < 4.78 is 15.2. The molecule has 0 atom stereocenters. The molecule has 0 saturated heterocycles. The predicted molar refractivity (Wildman–Crippen MR) is 109 cm³/mol. The molecule has 4 rings (SSSR count). The second-order valence-electron chi connectivity index (χ2n) is 6.23. The van der Waals surface area contributed by atoms with Gasteiger partial charge in [0.25, 0.3) is 0 Å². The highest BCUT2D eigenvalue weighted by molar-refractivity contribution is 7.16. The highest BCUT2D eigenvalue weighted by Crippen LogP contribution is 2.27. The zero-order valence-corrected chi connectivity index (χ0v) is 16.3. The first-order valence-corrected chi connectivity index (χ1v) is 9.63. The average molecular weight is 399 g/mol. The van der Waals surface area contributed by atoms with Crippen molar-refractivity contribution in [2.75, 3.05) is 5.32 Å². The van der Waals surface area contributed by atoms with Gasteiger partial charge < -0.3 is 5.32 Å². The Morgan fingerprint density at radius 2 is 1.96 bits per heavy atom. The largest absolute Gasteiger partial charge is 0.366 e. The maximum atomic E-state index is 14.1. The summed E-state index contributed by atoms with van der Waals surface area (Å²) in [5, 5.41) is 3.60. The van der Waals surface area contributed by atoms with Crippen molar-refractivity contribution in [1.82, 2.24) is 15.0 Å². The first-order chi connectivity index (χ1) is 13.0. The molecule has 0 aliphatic rings. The number of aryl methyl sites for hydroxylation is 2. The first kappa shape index (κ1) is 17.8. The standard InChI is InChI=1S/C20H16ClFN4S/c1-11-3-5-15(22)14(20(11)21)9-23-19-8-17(25-12(2)26-19)13-4-6-16-18(7-13)27-10-24-16/h3-8,10H,9H2,1-2H3,(H,23,25,26). The van der Waals surface area contributed by atoms with E-state index in [9.17, 15) is 4.39 Å². The Kier molecular flexibility index (Phi) is 4.76. The Labute approximate surface area is 165 Å². The monoisotopic (exact) mass is 398 g/mol. The lowest BCUT2D eigenvalue weighted by Crippen LogP contribution is -2.06. The van der Waals surface area contributed by atoms with E-state index >= 15 is 0 Å². The summed E-state index contributed by atoms with van der Waals surface area (Å²) in [6.07, 6.45) is 0. The summed E-state index contributed by atoms with van der Waals surface area (Å²) in [5.41, 5.74) is 5.86. The van der Waals surface area contributed by atoms with Gasteiger partial charge in [-0.25, -0.2) is 19.3 Å². The molecule has 4 aromatic rings. The van der Waals surface area contributed by atoms with Crippen molar-refractivity contribution in [3.05, 3.63) is 69.7 Å². The average Bonchev–Trinajstić information content (AvgIpc) is 3.12. The molecule has 0 fully saturated rings. The number of anilines is 1. The third-order valence-electron chi connectivity index (χ3n) is 4.29. The molecule has 2 aromatic carbocycles. The molecule has 0 spiro atoms. The number of nitrogens with zero attached hydrogens (tertiary/aromatic N) is 3. The van der Waals surface area contributed by atoms with Crippen molar-refractivity contribution in [2.24, 2.45) is 0 Å². The van der Waals surface area contributed by atoms with E-state index in [-0.39, 0.29) is 12.4 Å². The minimum atomic E-state index is -0.334. The van der Waals surface area contributed by atoms with Gasteiger partial charge in [-0.15, -0.1) is 11.3 Å². The van der Waals surface area contributed by atoms with Gasteiger partial charge in [-0.2, -0.15) is 0 Å². The first-order valence-electron chi connectivity index (χ1n) is 8.38. The van der Waals surface area contributed by atoms with Crippen LogP contribution < -0.4 is 5.32 Å². The van der Waals surface area contributed by atoms with Gasteiger partial charge in [0.15, 0.2) is 0 Å². The van der Waals surface area contributed by atoms with Crippen LogP contribution >= 0.6 is 22.9 Å². The Morgan fingerprint density at radius 3 is 2.81 bits per heavy atom. The fourth-order valence-electron chi connectivity index (χ4n) is 2.88. The van der Waals surface area contributed by atoms with E-state index in [2.05, 4.69) is 26.3 Å². The van der Waals surface area contributed by atoms with Gasteiger partial charge in [-0.05, 0) is 37.6 Å². The Morgan fingerprint density at radius 1 is 1.11 bits per heavy atom. The van der Waals surface area contributed by atoms with E-state index in [1.54, 1.807) is 17.4 Å². The van der Waals surface area contributed by atoms with Crippen molar-refractivity contribution < 1.29 is 4.39 Å². The van der Waals surface area contributed by atoms with Crippen LogP contribution in [0.1, 0.15) is 17.0 Å².